The van der Waals surface area contributed by atoms with Crippen molar-refractivity contribution in [1.82, 2.24) is 0 Å². The van der Waals surface area contributed by atoms with Crippen molar-refractivity contribution in [1.29, 1.82) is 0 Å². The third-order valence-corrected chi connectivity index (χ3v) is 1.64. The van der Waals surface area contributed by atoms with Crippen molar-refractivity contribution in [3.63, 3.8) is 0 Å². The predicted octanol–water partition coefficient (Wildman–Crippen LogP) is 1.77. The van der Waals surface area contributed by atoms with Gasteiger partial charge in [-0.15, -0.1) is 13.2 Å². The maximum absolute atomic E-state index is 12.8. The highest BCUT2D eigenvalue weighted by molar-refractivity contribution is 5.58. The molecular weight excluding hydrogens is 216 g/mol. The lowest BCUT2D eigenvalue weighted by Gasteiger charge is -2.13. The largest absolute Gasteiger partial charge is 0.573 e. The normalized spacial score (nSPS) is 11.5. The average Bonchev–Trinajstić information content (AvgIpc) is 2.08. The number of ether oxygens (including phenoxy) is 1. The summed E-state index contributed by atoms with van der Waals surface area (Å²) in [6.07, 6.45) is -4.91. The molecule has 0 saturated heterocycles. The Labute approximate surface area is 82.6 Å². The maximum atomic E-state index is 12.8. The zero-order valence-electron chi connectivity index (χ0n) is 7.44. The topological polar surface area (TPSA) is 61.3 Å². The first kappa shape index (κ1) is 11.6. The number of nitrogens with two attached hydrogens (primary N) is 2. The Morgan fingerprint density at radius 3 is 2.33 bits per heavy atom. The Morgan fingerprint density at radius 1 is 1.27 bits per heavy atom. The summed E-state index contributed by atoms with van der Waals surface area (Å²) >= 11 is 0. The Bertz CT molecular complexity index is 364. The zero-order chi connectivity index (χ0) is 11.6. The van der Waals surface area contributed by atoms with Gasteiger partial charge in [0.05, 0.1) is 5.69 Å². The molecule has 3 nitrogen and oxygen atoms in total. The van der Waals surface area contributed by atoms with Crippen LogP contribution in [0.3, 0.4) is 0 Å². The van der Waals surface area contributed by atoms with Gasteiger partial charge in [-0.05, 0) is 11.6 Å². The van der Waals surface area contributed by atoms with Crippen molar-refractivity contribution < 1.29 is 22.3 Å². The van der Waals surface area contributed by atoms with Crippen LogP contribution < -0.4 is 16.2 Å². The maximum Gasteiger partial charge on any atom is 0.573 e. The van der Waals surface area contributed by atoms with Gasteiger partial charge in [0.1, 0.15) is 5.82 Å². The van der Waals surface area contributed by atoms with Crippen molar-refractivity contribution in [3.05, 3.63) is 23.5 Å². The van der Waals surface area contributed by atoms with Crippen molar-refractivity contribution >= 4 is 5.69 Å². The lowest BCUT2D eigenvalue weighted by molar-refractivity contribution is -0.274. The monoisotopic (exact) mass is 224 g/mol. The molecule has 0 unspecified atom stereocenters. The van der Waals surface area contributed by atoms with E-state index in [0.29, 0.717) is 6.07 Å². The second kappa shape index (κ2) is 3.93. The Balaban J connectivity index is 3.12. The minimum atomic E-state index is -4.91. The molecule has 0 atom stereocenters. The van der Waals surface area contributed by atoms with Crippen LogP contribution in [0.1, 0.15) is 5.56 Å². The first-order chi connectivity index (χ1) is 6.83. The van der Waals surface area contributed by atoms with Gasteiger partial charge < -0.3 is 16.2 Å². The fraction of sp³-hybridized carbons (Fsp3) is 0.250. The molecule has 0 spiro atoms. The van der Waals surface area contributed by atoms with Crippen LogP contribution in [0.2, 0.25) is 0 Å². The third-order valence-electron chi connectivity index (χ3n) is 1.64. The quantitative estimate of drug-likeness (QED) is 0.594. The molecule has 0 radical (unpaired) electrons. The summed E-state index contributed by atoms with van der Waals surface area (Å²) in [5.41, 5.74) is 10.2. The van der Waals surface area contributed by atoms with E-state index in [-0.39, 0.29) is 17.8 Å². The summed E-state index contributed by atoms with van der Waals surface area (Å²) < 4.78 is 51.9. The smallest absolute Gasteiger partial charge is 0.403 e. The van der Waals surface area contributed by atoms with Crippen molar-refractivity contribution in [3.8, 4) is 5.75 Å². The SMILES string of the molecule is NCc1cc(F)cc(OC(F)(F)F)c1N. The van der Waals surface area contributed by atoms with E-state index in [2.05, 4.69) is 4.74 Å². The molecule has 0 amide bonds. The second-order valence-electron chi connectivity index (χ2n) is 2.73. The van der Waals surface area contributed by atoms with Gasteiger partial charge in [-0.3, -0.25) is 0 Å². The van der Waals surface area contributed by atoms with Crippen LogP contribution in [0.15, 0.2) is 12.1 Å². The molecule has 15 heavy (non-hydrogen) atoms. The second-order valence-corrected chi connectivity index (χ2v) is 2.73. The molecule has 7 heteroatoms. The molecule has 0 heterocycles. The number of nitrogen functional groups attached to an aromatic ring is 1. The van der Waals surface area contributed by atoms with E-state index in [4.69, 9.17) is 11.5 Å². The van der Waals surface area contributed by atoms with E-state index in [1.54, 1.807) is 0 Å². The van der Waals surface area contributed by atoms with E-state index < -0.39 is 17.9 Å². The first-order valence-electron chi connectivity index (χ1n) is 3.87. The van der Waals surface area contributed by atoms with Crippen LogP contribution in [-0.4, -0.2) is 6.36 Å². The number of anilines is 1. The summed E-state index contributed by atoms with van der Waals surface area (Å²) in [4.78, 5) is 0. The van der Waals surface area contributed by atoms with E-state index in [1.165, 1.54) is 0 Å². The molecule has 0 fully saturated rings. The fourth-order valence-corrected chi connectivity index (χ4v) is 1.03. The Hall–Kier alpha value is -1.50. The van der Waals surface area contributed by atoms with Crippen LogP contribution in [0.25, 0.3) is 0 Å². The number of hydrogen-bond acceptors (Lipinski definition) is 3. The summed E-state index contributed by atoms with van der Waals surface area (Å²) in [5, 5.41) is 0. The number of hydrogen-bond donors (Lipinski definition) is 2. The van der Waals surface area contributed by atoms with Crippen LogP contribution >= 0.6 is 0 Å². The van der Waals surface area contributed by atoms with Gasteiger partial charge in [0.25, 0.3) is 0 Å². The molecular formula is C8H8F4N2O. The number of alkyl halides is 3. The molecule has 0 aliphatic carbocycles. The lowest BCUT2D eigenvalue weighted by Crippen LogP contribution is -2.19. The van der Waals surface area contributed by atoms with E-state index in [1.807, 2.05) is 0 Å². The number of benzene rings is 1. The van der Waals surface area contributed by atoms with E-state index in [9.17, 15) is 17.6 Å². The highest BCUT2D eigenvalue weighted by atomic mass is 19.4. The average molecular weight is 224 g/mol. The van der Waals surface area contributed by atoms with Gasteiger partial charge in [-0.25, -0.2) is 4.39 Å². The molecule has 0 bridgehead atoms. The Kier molecular flexibility index (Phi) is 3.04. The summed E-state index contributed by atoms with van der Waals surface area (Å²) in [6, 6.07) is 1.51. The lowest BCUT2D eigenvalue weighted by atomic mass is 10.1. The number of halogens is 4. The molecule has 0 aliphatic rings. The van der Waals surface area contributed by atoms with Crippen LogP contribution in [0, 0.1) is 5.82 Å². The molecule has 1 aromatic rings. The molecule has 84 valence electrons. The van der Waals surface area contributed by atoms with Gasteiger partial charge in [0.15, 0.2) is 5.75 Å². The van der Waals surface area contributed by atoms with Crippen LogP contribution in [0.5, 0.6) is 5.75 Å². The van der Waals surface area contributed by atoms with Crippen molar-refractivity contribution in [2.24, 2.45) is 5.73 Å². The minimum absolute atomic E-state index is 0.0641. The summed E-state index contributed by atoms with van der Waals surface area (Å²) in [6.45, 7) is -0.169. The van der Waals surface area contributed by atoms with Crippen LogP contribution in [-0.2, 0) is 6.54 Å². The third kappa shape index (κ3) is 2.98. The van der Waals surface area contributed by atoms with Gasteiger partial charge in [-0.2, -0.15) is 0 Å². The van der Waals surface area contributed by atoms with E-state index >= 15 is 0 Å². The van der Waals surface area contributed by atoms with Gasteiger partial charge in [-0.1, -0.05) is 0 Å². The molecule has 0 aromatic heterocycles. The summed E-state index contributed by atoms with van der Waals surface area (Å²) in [5.74, 6) is -1.66. The summed E-state index contributed by atoms with van der Waals surface area (Å²) in [7, 11) is 0. The Morgan fingerprint density at radius 2 is 1.87 bits per heavy atom. The predicted molar refractivity (Wildman–Crippen MR) is 45.4 cm³/mol. The first-order valence-corrected chi connectivity index (χ1v) is 3.87. The van der Waals surface area contributed by atoms with Crippen molar-refractivity contribution in [2.75, 3.05) is 5.73 Å². The fourth-order valence-electron chi connectivity index (χ4n) is 1.03. The minimum Gasteiger partial charge on any atom is -0.403 e. The highest BCUT2D eigenvalue weighted by Gasteiger charge is 2.32. The standard InChI is InChI=1S/C8H8F4N2O/c9-5-1-4(3-13)7(14)6(2-5)15-8(10,11)12/h1-2H,3,13-14H2. The van der Waals surface area contributed by atoms with Crippen molar-refractivity contribution in [2.45, 2.75) is 12.9 Å². The van der Waals surface area contributed by atoms with Gasteiger partial charge in [0.2, 0.25) is 0 Å². The molecule has 1 aromatic carbocycles. The molecule has 0 aliphatic heterocycles. The van der Waals surface area contributed by atoms with Gasteiger partial charge >= 0.3 is 6.36 Å². The van der Waals surface area contributed by atoms with Gasteiger partial charge in [0, 0.05) is 12.6 Å². The highest BCUT2D eigenvalue weighted by Crippen LogP contribution is 2.31. The number of rotatable bonds is 2. The van der Waals surface area contributed by atoms with Crippen LogP contribution in [0.4, 0.5) is 23.2 Å². The molecule has 0 saturated carbocycles. The zero-order valence-corrected chi connectivity index (χ0v) is 7.44. The molecule has 1 rings (SSSR count). The van der Waals surface area contributed by atoms with E-state index in [0.717, 1.165) is 6.07 Å². The molecule has 4 N–H and O–H groups in total.